The van der Waals surface area contributed by atoms with E-state index in [-0.39, 0.29) is 5.89 Å². The van der Waals surface area contributed by atoms with E-state index in [4.69, 9.17) is 9.15 Å². The van der Waals surface area contributed by atoms with Gasteiger partial charge in [0.2, 0.25) is 19.1 Å². The van der Waals surface area contributed by atoms with Crippen LogP contribution in [-0.4, -0.2) is 39.2 Å². The van der Waals surface area contributed by atoms with Crippen LogP contribution in [0.3, 0.4) is 0 Å². The van der Waals surface area contributed by atoms with Crippen molar-refractivity contribution < 1.29 is 31.6 Å². The van der Waals surface area contributed by atoms with E-state index in [2.05, 4.69) is 30.2 Å². The normalized spacial score (nSPS) is 12.9. The SMILES string of the molecule is Fc1ccc(C(Oc2ccc3ncc(/C=N/OCC(F)(F)F)cc3c2)c2nnco2)nc1. The third kappa shape index (κ3) is 5.33. The Morgan fingerprint density at radius 2 is 1.97 bits per heavy atom. The van der Waals surface area contributed by atoms with Crippen LogP contribution in [0.4, 0.5) is 17.6 Å². The molecule has 32 heavy (non-hydrogen) atoms. The summed E-state index contributed by atoms with van der Waals surface area (Å²) in [6.45, 7) is -1.49. The minimum Gasteiger partial charge on any atom is -0.474 e. The van der Waals surface area contributed by atoms with Gasteiger partial charge in [-0.1, -0.05) is 5.16 Å². The molecule has 1 unspecified atom stereocenters. The highest BCUT2D eigenvalue weighted by atomic mass is 19.4. The number of fused-ring (bicyclic) bond motifs is 1. The Hall–Kier alpha value is -4.09. The first-order valence-electron chi connectivity index (χ1n) is 9.03. The summed E-state index contributed by atoms with van der Waals surface area (Å²) >= 11 is 0. The number of nitrogens with zero attached hydrogens (tertiary/aromatic N) is 5. The number of benzene rings is 1. The first-order valence-corrected chi connectivity index (χ1v) is 9.03. The van der Waals surface area contributed by atoms with Crippen molar-refractivity contribution in [2.24, 2.45) is 5.16 Å². The number of hydrogen-bond donors (Lipinski definition) is 0. The number of alkyl halides is 3. The molecule has 0 saturated carbocycles. The first-order chi connectivity index (χ1) is 15.4. The molecule has 3 aromatic heterocycles. The number of halogens is 4. The number of hydrogen-bond acceptors (Lipinski definition) is 8. The lowest BCUT2D eigenvalue weighted by molar-refractivity contribution is -0.173. The number of rotatable bonds is 7. The number of aromatic nitrogens is 4. The molecule has 0 amide bonds. The Bertz CT molecular complexity index is 1210. The van der Waals surface area contributed by atoms with Gasteiger partial charge in [0.15, 0.2) is 0 Å². The topological polar surface area (TPSA) is 95.5 Å². The second kappa shape index (κ2) is 8.96. The quantitative estimate of drug-likeness (QED) is 0.238. The number of pyridine rings is 2. The highest BCUT2D eigenvalue weighted by molar-refractivity contribution is 5.88. The van der Waals surface area contributed by atoms with Crippen LogP contribution in [-0.2, 0) is 4.84 Å². The third-order valence-corrected chi connectivity index (χ3v) is 4.05. The van der Waals surface area contributed by atoms with Crippen LogP contribution in [0.5, 0.6) is 5.75 Å². The maximum absolute atomic E-state index is 13.3. The first kappa shape index (κ1) is 21.2. The summed E-state index contributed by atoms with van der Waals surface area (Å²) in [5.41, 5.74) is 1.38. The molecule has 0 N–H and O–H groups in total. The molecule has 0 aliphatic carbocycles. The van der Waals surface area contributed by atoms with Crippen LogP contribution >= 0.6 is 0 Å². The van der Waals surface area contributed by atoms with Gasteiger partial charge in [-0.15, -0.1) is 10.2 Å². The number of ether oxygens (including phenoxy) is 1. The zero-order chi connectivity index (χ0) is 22.6. The smallest absolute Gasteiger partial charge is 0.425 e. The van der Waals surface area contributed by atoms with Crippen molar-refractivity contribution in [1.82, 2.24) is 20.2 Å². The van der Waals surface area contributed by atoms with Crippen LogP contribution in [0.2, 0.25) is 0 Å². The lowest BCUT2D eigenvalue weighted by Gasteiger charge is -2.15. The molecule has 1 atom stereocenters. The fourth-order valence-electron chi connectivity index (χ4n) is 2.69. The van der Waals surface area contributed by atoms with E-state index in [0.717, 1.165) is 18.8 Å². The van der Waals surface area contributed by atoms with E-state index in [9.17, 15) is 17.6 Å². The molecule has 8 nitrogen and oxygen atoms in total. The summed E-state index contributed by atoms with van der Waals surface area (Å²) in [5, 5.41) is 11.4. The molecule has 4 rings (SSSR count). The summed E-state index contributed by atoms with van der Waals surface area (Å²) in [6, 6.07) is 9.31. The van der Waals surface area contributed by atoms with E-state index in [0.29, 0.717) is 27.9 Å². The van der Waals surface area contributed by atoms with Gasteiger partial charge in [-0.3, -0.25) is 9.97 Å². The van der Waals surface area contributed by atoms with Crippen LogP contribution < -0.4 is 4.74 Å². The molecule has 0 aliphatic heterocycles. The van der Waals surface area contributed by atoms with E-state index in [1.807, 2.05) is 0 Å². The molecule has 3 heterocycles. The van der Waals surface area contributed by atoms with Gasteiger partial charge in [-0.2, -0.15) is 13.2 Å². The molecular formula is C20H13F4N5O3. The Balaban J connectivity index is 1.57. The highest BCUT2D eigenvalue weighted by Crippen LogP contribution is 2.28. The Morgan fingerprint density at radius 1 is 1.09 bits per heavy atom. The molecule has 164 valence electrons. The fourth-order valence-corrected chi connectivity index (χ4v) is 2.69. The standard InChI is InChI=1S/C20H13F4N5O3/c21-14-1-3-17(26-9-14)18(19-29-27-11-30-19)32-15-2-4-16-13(6-15)5-12(7-25-16)8-28-31-10-20(22,23)24/h1-9,11,18H,10H2/b28-8+. The van der Waals surface area contributed by atoms with Gasteiger partial charge < -0.3 is 14.0 Å². The minimum absolute atomic E-state index is 0.116. The summed E-state index contributed by atoms with van der Waals surface area (Å²) in [5.74, 6) is -0.00993. The van der Waals surface area contributed by atoms with Crippen molar-refractivity contribution in [2.45, 2.75) is 12.3 Å². The van der Waals surface area contributed by atoms with Gasteiger partial charge in [0.05, 0.1) is 23.6 Å². The largest absolute Gasteiger partial charge is 0.474 e. The molecule has 0 saturated heterocycles. The second-order valence-electron chi connectivity index (χ2n) is 6.42. The van der Waals surface area contributed by atoms with Crippen molar-refractivity contribution in [1.29, 1.82) is 0 Å². The lowest BCUT2D eigenvalue weighted by Crippen LogP contribution is -2.14. The Labute approximate surface area is 177 Å². The molecule has 0 aliphatic rings. The van der Waals surface area contributed by atoms with Gasteiger partial charge in [-0.25, -0.2) is 4.39 Å². The molecule has 0 spiro atoms. The van der Waals surface area contributed by atoms with E-state index in [1.165, 1.54) is 18.3 Å². The average molecular weight is 447 g/mol. The molecule has 4 aromatic rings. The van der Waals surface area contributed by atoms with Crippen LogP contribution in [0, 0.1) is 5.82 Å². The van der Waals surface area contributed by atoms with E-state index in [1.54, 1.807) is 24.3 Å². The lowest BCUT2D eigenvalue weighted by atomic mass is 10.1. The van der Waals surface area contributed by atoms with Gasteiger partial charge in [0.1, 0.15) is 11.6 Å². The maximum Gasteiger partial charge on any atom is 0.425 e. The van der Waals surface area contributed by atoms with Crippen LogP contribution in [0.25, 0.3) is 10.9 Å². The van der Waals surface area contributed by atoms with Crippen molar-refractivity contribution in [3.63, 3.8) is 0 Å². The van der Waals surface area contributed by atoms with Gasteiger partial charge in [0.25, 0.3) is 5.89 Å². The highest BCUT2D eigenvalue weighted by Gasteiger charge is 2.28. The van der Waals surface area contributed by atoms with Crippen molar-refractivity contribution >= 4 is 17.1 Å². The van der Waals surface area contributed by atoms with Gasteiger partial charge in [0, 0.05) is 17.1 Å². The summed E-state index contributed by atoms with van der Waals surface area (Å²) < 4.78 is 60.8. The third-order valence-electron chi connectivity index (χ3n) is 4.05. The fraction of sp³-hybridized carbons (Fsp3) is 0.150. The van der Waals surface area contributed by atoms with Crippen LogP contribution in [0.15, 0.2) is 64.8 Å². The van der Waals surface area contributed by atoms with E-state index >= 15 is 0 Å². The summed E-state index contributed by atoms with van der Waals surface area (Å²) in [4.78, 5) is 12.5. The zero-order valence-electron chi connectivity index (χ0n) is 16.0. The predicted molar refractivity (Wildman–Crippen MR) is 102 cm³/mol. The molecular weight excluding hydrogens is 434 g/mol. The van der Waals surface area contributed by atoms with Crippen molar-refractivity contribution in [2.75, 3.05) is 6.61 Å². The molecule has 0 radical (unpaired) electrons. The monoisotopic (exact) mass is 447 g/mol. The Morgan fingerprint density at radius 3 is 2.69 bits per heavy atom. The maximum atomic E-state index is 13.3. The molecule has 0 bridgehead atoms. The Kier molecular flexibility index (Phi) is 5.92. The van der Waals surface area contributed by atoms with E-state index < -0.39 is 24.7 Å². The zero-order valence-corrected chi connectivity index (χ0v) is 16.0. The number of oxime groups is 1. The predicted octanol–water partition coefficient (Wildman–Crippen LogP) is 4.23. The molecule has 1 aromatic carbocycles. The second-order valence-corrected chi connectivity index (χ2v) is 6.42. The van der Waals surface area contributed by atoms with Gasteiger partial charge >= 0.3 is 6.18 Å². The summed E-state index contributed by atoms with van der Waals surface area (Å²) in [6.07, 6.45) is -0.642. The molecule has 0 fully saturated rings. The molecule has 12 heteroatoms. The van der Waals surface area contributed by atoms with Crippen molar-refractivity contribution in [3.05, 3.63) is 78.2 Å². The van der Waals surface area contributed by atoms with Gasteiger partial charge in [-0.05, 0) is 36.4 Å². The summed E-state index contributed by atoms with van der Waals surface area (Å²) in [7, 11) is 0. The van der Waals surface area contributed by atoms with Crippen molar-refractivity contribution in [3.8, 4) is 5.75 Å². The minimum atomic E-state index is -4.47. The average Bonchev–Trinajstić information content (AvgIpc) is 3.29. The van der Waals surface area contributed by atoms with Crippen LogP contribution in [0.1, 0.15) is 23.3 Å².